The number of anilines is 1. The first-order chi connectivity index (χ1) is 16.1. The Morgan fingerprint density at radius 2 is 1.56 bits per heavy atom. The third-order valence-corrected chi connectivity index (χ3v) is 9.29. The molecule has 7 nitrogen and oxygen atoms in total. The molecule has 184 valence electrons. The van der Waals surface area contributed by atoms with Crippen molar-refractivity contribution in [1.29, 1.82) is 0 Å². The van der Waals surface area contributed by atoms with Gasteiger partial charge >= 0.3 is 5.97 Å². The smallest absolute Gasteiger partial charge is 0.309 e. The van der Waals surface area contributed by atoms with Gasteiger partial charge in [0.15, 0.2) is 5.78 Å². The van der Waals surface area contributed by atoms with E-state index in [-0.39, 0.29) is 29.6 Å². The molecule has 1 heterocycles. The standard InChI is InChI=1S/C27H37N3O4/c1-17(31)19-4-6-22(7-5-19)29-8-10-30(11-9-29)26(2,3)24(32)28-23-20-12-18-13-21(23)16-27(14-18,15-20)25(33)34/h4-7,18,20-21,23H,8-16H2,1-3H3,(H,28,32)(H,33,34). The number of hydrogen-bond acceptors (Lipinski definition) is 5. The molecular weight excluding hydrogens is 430 g/mol. The minimum absolute atomic E-state index is 0.0635. The van der Waals surface area contributed by atoms with E-state index in [4.69, 9.17) is 0 Å². The van der Waals surface area contributed by atoms with Crippen molar-refractivity contribution in [2.45, 2.75) is 64.5 Å². The van der Waals surface area contributed by atoms with E-state index in [0.717, 1.165) is 56.7 Å². The molecule has 1 aromatic carbocycles. The fourth-order valence-corrected chi connectivity index (χ4v) is 7.42. The number of Topliss-reactive ketones (excluding diaryl/α,β-unsaturated/α-hetero) is 1. The first-order valence-corrected chi connectivity index (χ1v) is 12.7. The van der Waals surface area contributed by atoms with Crippen molar-refractivity contribution in [3.8, 4) is 0 Å². The van der Waals surface area contributed by atoms with Crippen LogP contribution >= 0.6 is 0 Å². The monoisotopic (exact) mass is 467 g/mol. The second kappa shape index (κ2) is 8.36. The molecule has 0 spiro atoms. The third-order valence-electron chi connectivity index (χ3n) is 9.29. The number of carbonyl (C=O) groups is 3. The topological polar surface area (TPSA) is 90.0 Å². The van der Waals surface area contributed by atoms with E-state index in [1.54, 1.807) is 6.92 Å². The molecule has 1 aliphatic heterocycles. The number of rotatable bonds is 6. The molecule has 1 amide bonds. The highest BCUT2D eigenvalue weighted by molar-refractivity contribution is 5.94. The van der Waals surface area contributed by atoms with Crippen LogP contribution in [0.25, 0.3) is 0 Å². The molecule has 1 aromatic rings. The zero-order valence-electron chi connectivity index (χ0n) is 20.5. The van der Waals surface area contributed by atoms with Crippen LogP contribution in [0.5, 0.6) is 0 Å². The van der Waals surface area contributed by atoms with E-state index in [0.29, 0.717) is 18.8 Å². The van der Waals surface area contributed by atoms with Gasteiger partial charge in [-0.15, -0.1) is 0 Å². The lowest BCUT2D eigenvalue weighted by molar-refractivity contribution is -0.168. The zero-order chi connectivity index (χ0) is 24.3. The van der Waals surface area contributed by atoms with Gasteiger partial charge in [0.2, 0.25) is 5.91 Å². The maximum atomic E-state index is 13.5. The summed E-state index contributed by atoms with van der Waals surface area (Å²) < 4.78 is 0. The molecule has 2 atom stereocenters. The number of nitrogens with zero attached hydrogens (tertiary/aromatic N) is 2. The summed E-state index contributed by atoms with van der Waals surface area (Å²) in [4.78, 5) is 41.6. The van der Waals surface area contributed by atoms with E-state index in [9.17, 15) is 19.5 Å². The average molecular weight is 468 g/mol. The van der Waals surface area contributed by atoms with Gasteiger partial charge in [0.25, 0.3) is 0 Å². The Kier molecular flexibility index (Phi) is 5.74. The van der Waals surface area contributed by atoms with Crippen LogP contribution in [0.2, 0.25) is 0 Å². The molecule has 5 aliphatic rings. The first kappa shape index (κ1) is 23.3. The first-order valence-electron chi connectivity index (χ1n) is 12.7. The number of carboxylic acid groups (broad SMARTS) is 1. The number of carbonyl (C=O) groups excluding carboxylic acids is 2. The summed E-state index contributed by atoms with van der Waals surface area (Å²) in [5.41, 5.74) is 0.655. The van der Waals surface area contributed by atoms with Crippen molar-refractivity contribution >= 4 is 23.3 Å². The van der Waals surface area contributed by atoms with E-state index < -0.39 is 16.9 Å². The fraction of sp³-hybridized carbons (Fsp3) is 0.667. The summed E-state index contributed by atoms with van der Waals surface area (Å²) in [5.74, 6) is 0.585. The molecule has 6 rings (SSSR count). The van der Waals surface area contributed by atoms with Gasteiger partial charge in [0.1, 0.15) is 0 Å². The second-order valence-corrected chi connectivity index (χ2v) is 11.7. The summed E-state index contributed by atoms with van der Waals surface area (Å²) in [7, 11) is 0. The normalized spacial score (nSPS) is 33.1. The Bertz CT molecular complexity index is 964. The van der Waals surface area contributed by atoms with Crippen molar-refractivity contribution < 1.29 is 19.5 Å². The Morgan fingerprint density at radius 3 is 2.09 bits per heavy atom. The van der Waals surface area contributed by atoms with Crippen molar-refractivity contribution in [2.24, 2.45) is 23.2 Å². The summed E-state index contributed by atoms with van der Waals surface area (Å²) in [6.07, 6.45) is 4.35. The minimum atomic E-state index is -0.634. The Labute approximate surface area is 201 Å². The number of hydrogen-bond donors (Lipinski definition) is 2. The quantitative estimate of drug-likeness (QED) is 0.625. The average Bonchev–Trinajstić information content (AvgIpc) is 2.81. The summed E-state index contributed by atoms with van der Waals surface area (Å²) in [6.45, 7) is 8.83. The van der Waals surface area contributed by atoms with Crippen molar-refractivity contribution in [3.63, 3.8) is 0 Å². The van der Waals surface area contributed by atoms with Crippen LogP contribution in [-0.2, 0) is 9.59 Å². The summed E-state index contributed by atoms with van der Waals surface area (Å²) in [5, 5.41) is 13.3. The van der Waals surface area contributed by atoms with E-state index in [1.807, 2.05) is 38.1 Å². The van der Waals surface area contributed by atoms with Crippen LogP contribution in [0.15, 0.2) is 24.3 Å². The van der Waals surface area contributed by atoms with Gasteiger partial charge in [0.05, 0.1) is 11.0 Å². The molecule has 2 N–H and O–H groups in total. The molecule has 2 unspecified atom stereocenters. The summed E-state index contributed by atoms with van der Waals surface area (Å²) >= 11 is 0. The maximum absolute atomic E-state index is 13.5. The van der Waals surface area contributed by atoms with Crippen LogP contribution < -0.4 is 10.2 Å². The van der Waals surface area contributed by atoms with E-state index >= 15 is 0 Å². The van der Waals surface area contributed by atoms with Gasteiger partial charge in [0, 0.05) is 43.5 Å². The fourth-order valence-electron chi connectivity index (χ4n) is 7.42. The van der Waals surface area contributed by atoms with E-state index in [2.05, 4.69) is 15.1 Å². The predicted octanol–water partition coefficient (Wildman–Crippen LogP) is 3.19. The van der Waals surface area contributed by atoms with Crippen LogP contribution in [0, 0.1) is 23.2 Å². The molecule has 5 fully saturated rings. The lowest BCUT2D eigenvalue weighted by Crippen LogP contribution is -2.66. The van der Waals surface area contributed by atoms with Crippen LogP contribution in [-0.4, -0.2) is 65.4 Å². The van der Waals surface area contributed by atoms with Gasteiger partial charge < -0.3 is 15.3 Å². The Balaban J connectivity index is 1.20. The summed E-state index contributed by atoms with van der Waals surface area (Å²) in [6, 6.07) is 7.86. The van der Waals surface area contributed by atoms with Crippen molar-refractivity contribution in [1.82, 2.24) is 10.2 Å². The molecule has 4 aliphatic carbocycles. The number of benzene rings is 1. The highest BCUT2D eigenvalue weighted by Gasteiger charge is 2.59. The molecule has 1 saturated heterocycles. The van der Waals surface area contributed by atoms with Gasteiger partial charge in [-0.3, -0.25) is 19.3 Å². The van der Waals surface area contributed by atoms with Crippen LogP contribution in [0.4, 0.5) is 5.69 Å². The molecule has 0 radical (unpaired) electrons. The number of piperazine rings is 1. The molecule has 0 aromatic heterocycles. The Hall–Kier alpha value is -2.41. The Morgan fingerprint density at radius 1 is 0.971 bits per heavy atom. The lowest BCUT2D eigenvalue weighted by Gasteiger charge is -2.58. The number of ketones is 1. The molecule has 34 heavy (non-hydrogen) atoms. The minimum Gasteiger partial charge on any atom is -0.481 e. The number of nitrogens with one attached hydrogen (secondary N) is 1. The molecule has 4 bridgehead atoms. The van der Waals surface area contributed by atoms with Gasteiger partial charge in [-0.05, 0) is 94.9 Å². The van der Waals surface area contributed by atoms with Crippen LogP contribution in [0.1, 0.15) is 63.2 Å². The van der Waals surface area contributed by atoms with Gasteiger partial charge in [-0.25, -0.2) is 0 Å². The van der Waals surface area contributed by atoms with Gasteiger partial charge in [-0.2, -0.15) is 0 Å². The van der Waals surface area contributed by atoms with Crippen LogP contribution in [0.3, 0.4) is 0 Å². The largest absolute Gasteiger partial charge is 0.481 e. The molecule has 7 heteroatoms. The SMILES string of the molecule is CC(=O)c1ccc(N2CCN(C(C)(C)C(=O)NC3C4CC5CC3CC(C(=O)O)(C5)C4)CC2)cc1. The number of aliphatic carboxylic acids is 1. The second-order valence-electron chi connectivity index (χ2n) is 11.7. The lowest BCUT2D eigenvalue weighted by atomic mass is 9.48. The predicted molar refractivity (Wildman–Crippen MR) is 130 cm³/mol. The van der Waals surface area contributed by atoms with Crippen molar-refractivity contribution in [2.75, 3.05) is 31.1 Å². The van der Waals surface area contributed by atoms with Crippen molar-refractivity contribution in [3.05, 3.63) is 29.8 Å². The molecular formula is C27H37N3O4. The highest BCUT2D eigenvalue weighted by Crippen LogP contribution is 2.60. The highest BCUT2D eigenvalue weighted by atomic mass is 16.4. The number of carboxylic acids is 1. The number of amides is 1. The van der Waals surface area contributed by atoms with E-state index in [1.165, 1.54) is 0 Å². The maximum Gasteiger partial charge on any atom is 0.309 e. The third kappa shape index (κ3) is 3.92. The van der Waals surface area contributed by atoms with Gasteiger partial charge in [-0.1, -0.05) is 0 Å². The molecule has 4 saturated carbocycles. The zero-order valence-corrected chi connectivity index (χ0v) is 20.5.